The van der Waals surface area contributed by atoms with E-state index in [2.05, 4.69) is 6.92 Å². The monoisotopic (exact) mass is 268 g/mol. The van der Waals surface area contributed by atoms with E-state index >= 15 is 0 Å². The highest BCUT2D eigenvalue weighted by molar-refractivity contribution is 5.39. The molecule has 0 aliphatic rings. The van der Waals surface area contributed by atoms with Crippen molar-refractivity contribution in [3.63, 3.8) is 0 Å². The van der Waals surface area contributed by atoms with Crippen molar-refractivity contribution in [1.82, 2.24) is 0 Å². The summed E-state index contributed by atoms with van der Waals surface area (Å²) < 4.78 is 16.0. The maximum atomic E-state index is 10.4. The molecule has 0 saturated carbocycles. The average Bonchev–Trinajstić information content (AvgIpc) is 2.45. The zero-order chi connectivity index (χ0) is 14.3. The van der Waals surface area contributed by atoms with E-state index in [1.54, 1.807) is 20.3 Å². The summed E-state index contributed by atoms with van der Waals surface area (Å²) in [5, 5.41) is 10.4. The van der Waals surface area contributed by atoms with E-state index < -0.39 is 6.10 Å². The molecule has 0 aliphatic carbocycles. The van der Waals surface area contributed by atoms with Crippen LogP contribution < -0.4 is 9.47 Å². The molecule has 1 aromatic rings. The predicted molar refractivity (Wildman–Crippen MR) is 74.8 cm³/mol. The van der Waals surface area contributed by atoms with Crippen LogP contribution in [0.15, 0.2) is 18.2 Å². The van der Waals surface area contributed by atoms with Crippen molar-refractivity contribution in [3.8, 4) is 11.5 Å². The lowest BCUT2D eigenvalue weighted by Gasteiger charge is -2.23. The molecule has 1 rings (SSSR count). The average molecular weight is 268 g/mol. The van der Waals surface area contributed by atoms with E-state index in [0.29, 0.717) is 18.1 Å². The molecule has 19 heavy (non-hydrogen) atoms. The standard InChI is InChI=1S/C15H24O4/c1-5-7-14(19-6-2)15(16)11-8-12(17-3)10-13(9-11)18-4/h8-10,14-16H,5-7H2,1-4H3. The lowest BCUT2D eigenvalue weighted by molar-refractivity contribution is -0.0385. The minimum absolute atomic E-state index is 0.202. The number of rotatable bonds is 8. The number of aliphatic hydroxyl groups excluding tert-OH is 1. The molecular weight excluding hydrogens is 244 g/mol. The van der Waals surface area contributed by atoms with Crippen LogP contribution in [0.4, 0.5) is 0 Å². The third-order valence-electron chi connectivity index (χ3n) is 3.02. The number of aliphatic hydroxyl groups is 1. The number of hydrogen-bond acceptors (Lipinski definition) is 4. The highest BCUT2D eigenvalue weighted by Gasteiger charge is 2.21. The molecule has 0 fully saturated rings. The molecule has 0 saturated heterocycles. The third-order valence-corrected chi connectivity index (χ3v) is 3.02. The highest BCUT2D eigenvalue weighted by Crippen LogP contribution is 2.30. The van der Waals surface area contributed by atoms with Gasteiger partial charge in [0.05, 0.1) is 20.3 Å². The van der Waals surface area contributed by atoms with E-state index in [0.717, 1.165) is 18.4 Å². The van der Waals surface area contributed by atoms with Gasteiger partial charge in [0.2, 0.25) is 0 Å². The van der Waals surface area contributed by atoms with Crippen molar-refractivity contribution in [2.75, 3.05) is 20.8 Å². The largest absolute Gasteiger partial charge is 0.497 e. The van der Waals surface area contributed by atoms with E-state index in [4.69, 9.17) is 14.2 Å². The van der Waals surface area contributed by atoms with Gasteiger partial charge >= 0.3 is 0 Å². The van der Waals surface area contributed by atoms with Gasteiger partial charge in [0, 0.05) is 12.7 Å². The zero-order valence-electron chi connectivity index (χ0n) is 12.2. The fourth-order valence-corrected chi connectivity index (χ4v) is 2.05. The van der Waals surface area contributed by atoms with Gasteiger partial charge in [0.15, 0.2) is 0 Å². The van der Waals surface area contributed by atoms with Crippen molar-refractivity contribution in [3.05, 3.63) is 23.8 Å². The summed E-state index contributed by atoms with van der Waals surface area (Å²) in [6, 6.07) is 5.41. The first-order chi connectivity index (χ1) is 9.15. The number of hydrogen-bond donors (Lipinski definition) is 1. The molecular formula is C15H24O4. The molecule has 2 unspecified atom stereocenters. The van der Waals surface area contributed by atoms with Crippen LogP contribution in [0.2, 0.25) is 0 Å². The Balaban J connectivity index is 2.97. The Morgan fingerprint density at radius 1 is 1.05 bits per heavy atom. The van der Waals surface area contributed by atoms with Gasteiger partial charge in [-0.15, -0.1) is 0 Å². The topological polar surface area (TPSA) is 47.9 Å². The summed E-state index contributed by atoms with van der Waals surface area (Å²) in [7, 11) is 3.19. The van der Waals surface area contributed by atoms with Crippen LogP contribution in [0.1, 0.15) is 38.4 Å². The first-order valence-corrected chi connectivity index (χ1v) is 6.68. The van der Waals surface area contributed by atoms with Gasteiger partial charge in [-0.3, -0.25) is 0 Å². The van der Waals surface area contributed by atoms with Crippen LogP contribution >= 0.6 is 0 Å². The first kappa shape index (κ1) is 15.8. The van der Waals surface area contributed by atoms with Gasteiger partial charge in [0.1, 0.15) is 17.6 Å². The van der Waals surface area contributed by atoms with Crippen molar-refractivity contribution in [1.29, 1.82) is 0 Å². The fourth-order valence-electron chi connectivity index (χ4n) is 2.05. The van der Waals surface area contributed by atoms with Crippen LogP contribution in [0.3, 0.4) is 0 Å². The van der Waals surface area contributed by atoms with E-state index in [1.807, 2.05) is 19.1 Å². The molecule has 0 aliphatic heterocycles. The number of ether oxygens (including phenoxy) is 3. The summed E-state index contributed by atoms with van der Waals surface area (Å²) in [6.07, 6.45) is 0.896. The zero-order valence-corrected chi connectivity index (χ0v) is 12.2. The predicted octanol–water partition coefficient (Wildman–Crippen LogP) is 2.94. The second-order valence-electron chi connectivity index (χ2n) is 4.37. The van der Waals surface area contributed by atoms with Gasteiger partial charge in [-0.25, -0.2) is 0 Å². The molecule has 0 bridgehead atoms. The molecule has 0 amide bonds. The minimum atomic E-state index is -0.677. The van der Waals surface area contributed by atoms with E-state index in [9.17, 15) is 5.11 Å². The van der Waals surface area contributed by atoms with Gasteiger partial charge < -0.3 is 19.3 Å². The van der Waals surface area contributed by atoms with Gasteiger partial charge in [-0.2, -0.15) is 0 Å². The summed E-state index contributed by atoms with van der Waals surface area (Å²) in [5.41, 5.74) is 0.753. The molecule has 0 spiro atoms. The molecule has 4 nitrogen and oxygen atoms in total. The molecule has 0 aromatic heterocycles. The van der Waals surface area contributed by atoms with Crippen molar-refractivity contribution < 1.29 is 19.3 Å². The number of benzene rings is 1. The second kappa shape index (κ2) is 8.02. The lowest BCUT2D eigenvalue weighted by Crippen LogP contribution is -2.22. The molecule has 2 atom stereocenters. The van der Waals surface area contributed by atoms with E-state index in [-0.39, 0.29) is 6.10 Å². The molecule has 1 N–H and O–H groups in total. The number of methoxy groups -OCH3 is 2. The van der Waals surface area contributed by atoms with Crippen LogP contribution in [0.25, 0.3) is 0 Å². The summed E-state index contributed by atoms with van der Waals surface area (Å²) >= 11 is 0. The maximum Gasteiger partial charge on any atom is 0.122 e. The molecule has 4 heteroatoms. The summed E-state index contributed by atoms with van der Waals surface area (Å²) in [6.45, 7) is 4.59. The Labute approximate surface area is 115 Å². The first-order valence-electron chi connectivity index (χ1n) is 6.68. The molecule has 0 radical (unpaired) electrons. The van der Waals surface area contributed by atoms with Crippen LogP contribution in [-0.4, -0.2) is 32.0 Å². The smallest absolute Gasteiger partial charge is 0.122 e. The van der Waals surface area contributed by atoms with Gasteiger partial charge in [-0.1, -0.05) is 13.3 Å². The van der Waals surface area contributed by atoms with Gasteiger partial charge in [0.25, 0.3) is 0 Å². The Bertz CT molecular complexity index is 350. The quantitative estimate of drug-likeness (QED) is 0.787. The van der Waals surface area contributed by atoms with Crippen LogP contribution in [-0.2, 0) is 4.74 Å². The highest BCUT2D eigenvalue weighted by atomic mass is 16.5. The summed E-state index contributed by atoms with van der Waals surface area (Å²) in [5.74, 6) is 1.33. The van der Waals surface area contributed by atoms with Crippen molar-refractivity contribution in [2.24, 2.45) is 0 Å². The SMILES string of the molecule is CCCC(OCC)C(O)c1cc(OC)cc(OC)c1. The Morgan fingerprint density at radius 2 is 1.63 bits per heavy atom. The van der Waals surface area contributed by atoms with Crippen molar-refractivity contribution >= 4 is 0 Å². The maximum absolute atomic E-state index is 10.4. The lowest BCUT2D eigenvalue weighted by atomic mass is 10.0. The van der Waals surface area contributed by atoms with Crippen LogP contribution in [0.5, 0.6) is 11.5 Å². The Kier molecular flexibility index (Phi) is 6.67. The Hall–Kier alpha value is -1.26. The fraction of sp³-hybridized carbons (Fsp3) is 0.600. The van der Waals surface area contributed by atoms with E-state index in [1.165, 1.54) is 0 Å². The van der Waals surface area contributed by atoms with Crippen molar-refractivity contribution in [2.45, 2.75) is 38.9 Å². The molecule has 1 aromatic carbocycles. The second-order valence-corrected chi connectivity index (χ2v) is 4.37. The molecule has 0 heterocycles. The Morgan fingerprint density at radius 3 is 2.05 bits per heavy atom. The third kappa shape index (κ3) is 4.40. The molecule has 108 valence electrons. The normalized spacial score (nSPS) is 13.9. The van der Waals surface area contributed by atoms with Gasteiger partial charge in [-0.05, 0) is 31.0 Å². The summed E-state index contributed by atoms with van der Waals surface area (Å²) in [4.78, 5) is 0. The minimum Gasteiger partial charge on any atom is -0.497 e. The van der Waals surface area contributed by atoms with Crippen LogP contribution in [0, 0.1) is 0 Å².